The van der Waals surface area contributed by atoms with E-state index in [0.29, 0.717) is 19.3 Å². The standard InChI is InChI=1S/C51H81NO7/c1-6-8-10-12-14-16-18-20-22-24-25-26-28-30-32-34-36-38-40-42-50(54)59-47(45-57-44-43-48(51(55)56)52(3,4)5)46-58-49(53)41-39-37-35-33-31-29-27-23-21-19-17-15-13-11-9-7-2/h8-11,14-17,20-23,25-26,29-32,47-48H,6-7,12-13,18-19,24,27-28,33-46H2,1-5H3/p+1/b10-8+,11-9+,16-14+,17-15+,22-20+,23-21+,26-25+,31-29+,32-30+. The summed E-state index contributed by atoms with van der Waals surface area (Å²) in [5.41, 5.74) is 0. The highest BCUT2D eigenvalue weighted by atomic mass is 16.6. The zero-order chi connectivity index (χ0) is 43.5. The predicted octanol–water partition coefficient (Wildman–Crippen LogP) is 12.5. The molecule has 0 aromatic heterocycles. The molecule has 0 rings (SSSR count). The molecule has 0 spiro atoms. The van der Waals surface area contributed by atoms with Crippen molar-refractivity contribution in [3.63, 3.8) is 0 Å². The summed E-state index contributed by atoms with van der Waals surface area (Å²) >= 11 is 0. The summed E-state index contributed by atoms with van der Waals surface area (Å²) in [5, 5.41) is 9.63. The number of ether oxygens (including phenoxy) is 3. The molecule has 0 aliphatic carbocycles. The first-order chi connectivity index (χ1) is 28.6. The zero-order valence-electron chi connectivity index (χ0n) is 37.7. The number of esters is 2. The van der Waals surface area contributed by atoms with Crippen molar-refractivity contribution in [1.29, 1.82) is 0 Å². The lowest BCUT2D eigenvalue weighted by Crippen LogP contribution is -2.50. The minimum Gasteiger partial charge on any atom is -0.477 e. The quantitative estimate of drug-likeness (QED) is 0.0287. The number of quaternary nitrogens is 1. The molecule has 0 aromatic carbocycles. The van der Waals surface area contributed by atoms with Crippen molar-refractivity contribution < 1.29 is 38.2 Å². The predicted molar refractivity (Wildman–Crippen MR) is 247 cm³/mol. The van der Waals surface area contributed by atoms with Gasteiger partial charge in [0.25, 0.3) is 0 Å². The summed E-state index contributed by atoms with van der Waals surface area (Å²) in [6.45, 7) is 4.41. The first-order valence-electron chi connectivity index (χ1n) is 22.4. The first kappa shape index (κ1) is 55.0. The van der Waals surface area contributed by atoms with Crippen LogP contribution in [0.4, 0.5) is 0 Å². The first-order valence-corrected chi connectivity index (χ1v) is 22.4. The second kappa shape index (κ2) is 40.8. The number of hydrogen-bond acceptors (Lipinski definition) is 6. The Morgan fingerprint density at radius 3 is 1.29 bits per heavy atom. The lowest BCUT2D eigenvalue weighted by Gasteiger charge is -2.31. The van der Waals surface area contributed by atoms with E-state index in [-0.39, 0.29) is 42.7 Å². The number of carboxylic acid groups (broad SMARTS) is 1. The molecule has 0 fully saturated rings. The number of likely N-dealkylation sites (N-methyl/N-ethyl adjacent to an activating group) is 1. The van der Waals surface area contributed by atoms with Gasteiger partial charge in [-0.2, -0.15) is 0 Å². The molecule has 0 amide bonds. The van der Waals surface area contributed by atoms with E-state index in [1.54, 1.807) is 0 Å². The normalized spacial score (nSPS) is 14.0. The van der Waals surface area contributed by atoms with Gasteiger partial charge in [0.1, 0.15) is 6.61 Å². The molecule has 0 heterocycles. The van der Waals surface area contributed by atoms with Crippen molar-refractivity contribution in [3.05, 3.63) is 109 Å². The molecule has 8 heteroatoms. The number of carbonyl (C=O) groups excluding carboxylic acids is 2. The molecule has 0 aliphatic rings. The van der Waals surface area contributed by atoms with E-state index in [1.165, 1.54) is 0 Å². The average Bonchev–Trinajstić information content (AvgIpc) is 3.19. The summed E-state index contributed by atoms with van der Waals surface area (Å²) in [7, 11) is 5.49. The number of aliphatic carboxylic acids is 1. The Bertz CT molecular complexity index is 1330. The van der Waals surface area contributed by atoms with Gasteiger partial charge < -0.3 is 23.8 Å². The molecule has 0 radical (unpaired) electrons. The van der Waals surface area contributed by atoms with E-state index in [2.05, 4.69) is 123 Å². The van der Waals surface area contributed by atoms with Gasteiger partial charge in [-0.3, -0.25) is 9.59 Å². The average molecular weight is 821 g/mol. The van der Waals surface area contributed by atoms with Crippen LogP contribution in [0.2, 0.25) is 0 Å². The number of carbonyl (C=O) groups is 3. The van der Waals surface area contributed by atoms with Crippen LogP contribution in [-0.4, -0.2) is 80.6 Å². The van der Waals surface area contributed by atoms with Gasteiger partial charge in [-0.1, -0.05) is 136 Å². The minimum absolute atomic E-state index is 0.0292. The molecular weight excluding hydrogens is 739 g/mol. The lowest BCUT2D eigenvalue weighted by molar-refractivity contribution is -0.887. The van der Waals surface area contributed by atoms with Crippen molar-refractivity contribution in [2.45, 2.75) is 154 Å². The third kappa shape index (κ3) is 39.2. The van der Waals surface area contributed by atoms with Gasteiger partial charge in [0.05, 0.1) is 34.4 Å². The smallest absolute Gasteiger partial charge is 0.362 e. The summed E-state index contributed by atoms with van der Waals surface area (Å²) in [5.74, 6) is -1.57. The molecule has 1 N–H and O–H groups in total. The number of nitrogens with zero attached hydrogens (tertiary/aromatic N) is 1. The van der Waals surface area contributed by atoms with Gasteiger partial charge in [0, 0.05) is 19.3 Å². The van der Waals surface area contributed by atoms with Gasteiger partial charge in [-0.25, -0.2) is 4.79 Å². The van der Waals surface area contributed by atoms with Gasteiger partial charge in [-0.05, 0) is 96.3 Å². The van der Waals surface area contributed by atoms with Crippen LogP contribution in [0.5, 0.6) is 0 Å². The van der Waals surface area contributed by atoms with Crippen molar-refractivity contribution in [3.8, 4) is 0 Å². The Kier molecular flexibility index (Phi) is 38.0. The Morgan fingerprint density at radius 1 is 0.508 bits per heavy atom. The fraction of sp³-hybridized carbons (Fsp3) is 0.588. The van der Waals surface area contributed by atoms with Crippen molar-refractivity contribution in [2.24, 2.45) is 0 Å². The molecule has 0 aromatic rings. The molecule has 0 saturated carbocycles. The van der Waals surface area contributed by atoms with Crippen LogP contribution in [0.3, 0.4) is 0 Å². The molecule has 2 atom stereocenters. The van der Waals surface area contributed by atoms with Crippen LogP contribution in [-0.2, 0) is 28.6 Å². The maximum Gasteiger partial charge on any atom is 0.362 e. The molecular formula is C51H82NO7+. The van der Waals surface area contributed by atoms with Gasteiger partial charge >= 0.3 is 17.9 Å². The molecule has 2 unspecified atom stereocenters. The van der Waals surface area contributed by atoms with Crippen molar-refractivity contribution in [2.75, 3.05) is 41.0 Å². The van der Waals surface area contributed by atoms with Crippen molar-refractivity contribution >= 4 is 17.9 Å². The Labute approximate surface area is 359 Å². The van der Waals surface area contributed by atoms with E-state index in [4.69, 9.17) is 14.2 Å². The molecule has 59 heavy (non-hydrogen) atoms. The minimum atomic E-state index is -0.891. The zero-order valence-corrected chi connectivity index (χ0v) is 37.7. The summed E-state index contributed by atoms with van der Waals surface area (Å²) in [6.07, 6.45) is 55.6. The van der Waals surface area contributed by atoms with E-state index in [9.17, 15) is 19.5 Å². The monoisotopic (exact) mass is 821 g/mol. The number of rotatable bonds is 38. The number of unbranched alkanes of at least 4 members (excludes halogenated alkanes) is 6. The van der Waals surface area contributed by atoms with Gasteiger partial charge in [-0.15, -0.1) is 0 Å². The van der Waals surface area contributed by atoms with Gasteiger partial charge in [0.2, 0.25) is 0 Å². The summed E-state index contributed by atoms with van der Waals surface area (Å²) in [6, 6.07) is -0.633. The van der Waals surface area contributed by atoms with E-state index in [0.717, 1.165) is 103 Å². The Balaban J connectivity index is 4.49. The van der Waals surface area contributed by atoms with Crippen LogP contribution in [0.1, 0.15) is 142 Å². The molecule has 8 nitrogen and oxygen atoms in total. The third-order valence-corrected chi connectivity index (χ3v) is 9.17. The molecule has 0 saturated heterocycles. The highest BCUT2D eigenvalue weighted by Crippen LogP contribution is 2.11. The third-order valence-electron chi connectivity index (χ3n) is 9.17. The SMILES string of the molecule is CC/C=C/C/C=C/C/C=C/C/C=C/C/C=C/CCCCCC(=O)OC(COCCC(C(=O)O)[N+](C)(C)C)COC(=O)CCCCC/C=C/C/C=C/C/C=C/C/C=C/CC. The lowest BCUT2D eigenvalue weighted by atomic mass is 10.1. The second-order valence-corrected chi connectivity index (χ2v) is 15.5. The fourth-order valence-corrected chi connectivity index (χ4v) is 5.75. The molecule has 332 valence electrons. The molecule has 0 aliphatic heterocycles. The highest BCUT2D eigenvalue weighted by Gasteiger charge is 2.31. The highest BCUT2D eigenvalue weighted by molar-refractivity contribution is 5.72. The number of carboxylic acids is 1. The van der Waals surface area contributed by atoms with Crippen LogP contribution in [0.15, 0.2) is 109 Å². The fourth-order valence-electron chi connectivity index (χ4n) is 5.75. The molecule has 0 bridgehead atoms. The largest absolute Gasteiger partial charge is 0.477 e. The van der Waals surface area contributed by atoms with Crippen LogP contribution < -0.4 is 0 Å². The maximum atomic E-state index is 12.7. The summed E-state index contributed by atoms with van der Waals surface area (Å²) in [4.78, 5) is 37.0. The maximum absolute atomic E-state index is 12.7. The van der Waals surface area contributed by atoms with Gasteiger partial charge in [0.15, 0.2) is 12.1 Å². The number of allylic oxidation sites excluding steroid dienone is 18. The van der Waals surface area contributed by atoms with E-state index >= 15 is 0 Å². The topological polar surface area (TPSA) is 99.1 Å². The Morgan fingerprint density at radius 2 is 0.898 bits per heavy atom. The van der Waals surface area contributed by atoms with Crippen molar-refractivity contribution in [1.82, 2.24) is 0 Å². The number of hydrogen-bond donors (Lipinski definition) is 1. The van der Waals surface area contributed by atoms with Crippen LogP contribution >= 0.6 is 0 Å². The van der Waals surface area contributed by atoms with Crippen LogP contribution in [0, 0.1) is 0 Å². The van der Waals surface area contributed by atoms with Crippen LogP contribution in [0.25, 0.3) is 0 Å². The summed E-state index contributed by atoms with van der Waals surface area (Å²) < 4.78 is 17.2. The van der Waals surface area contributed by atoms with E-state index in [1.807, 2.05) is 21.1 Å². The Hall–Kier alpha value is -4.01. The van der Waals surface area contributed by atoms with E-state index < -0.39 is 18.1 Å². The second-order valence-electron chi connectivity index (χ2n) is 15.5.